The Labute approximate surface area is 103 Å². The molecular formula is C12H13F2NO3. The molecule has 0 bridgehead atoms. The summed E-state index contributed by atoms with van der Waals surface area (Å²) in [7, 11) is 1.15. The Morgan fingerprint density at radius 3 is 2.39 bits per heavy atom. The molecule has 0 radical (unpaired) electrons. The highest BCUT2D eigenvalue weighted by Gasteiger charge is 2.37. The molecule has 1 aromatic rings. The number of anilines is 1. The Hall–Kier alpha value is -1.98. The standard InChI is InChI=1S/C12H13F2NO3/c1-12(2,11(17)18-3)10(16)15-9-5-4-7(13)6-8(9)14/h4-6H,1-3H3,(H,15,16). The summed E-state index contributed by atoms with van der Waals surface area (Å²) in [6.07, 6.45) is 0. The SMILES string of the molecule is COC(=O)C(C)(C)C(=O)Nc1ccc(F)cc1F. The predicted molar refractivity (Wildman–Crippen MR) is 60.8 cm³/mol. The number of amides is 1. The Morgan fingerprint density at radius 1 is 1.28 bits per heavy atom. The van der Waals surface area contributed by atoms with Crippen molar-refractivity contribution in [1.29, 1.82) is 0 Å². The normalized spacial score (nSPS) is 10.9. The molecule has 6 heteroatoms. The van der Waals surface area contributed by atoms with Crippen molar-refractivity contribution in [2.24, 2.45) is 5.41 Å². The van der Waals surface area contributed by atoms with Crippen molar-refractivity contribution in [3.05, 3.63) is 29.8 Å². The number of nitrogens with one attached hydrogen (secondary N) is 1. The molecule has 0 aliphatic carbocycles. The smallest absolute Gasteiger partial charge is 0.320 e. The molecule has 0 saturated heterocycles. The highest BCUT2D eigenvalue weighted by atomic mass is 19.1. The molecule has 1 aromatic carbocycles. The van der Waals surface area contributed by atoms with E-state index in [0.29, 0.717) is 6.07 Å². The number of carbonyl (C=O) groups is 2. The summed E-state index contributed by atoms with van der Waals surface area (Å²) in [5, 5.41) is 2.21. The monoisotopic (exact) mass is 257 g/mol. The maximum absolute atomic E-state index is 13.3. The van der Waals surface area contributed by atoms with Crippen LogP contribution in [0.4, 0.5) is 14.5 Å². The van der Waals surface area contributed by atoms with Gasteiger partial charge in [-0.15, -0.1) is 0 Å². The average molecular weight is 257 g/mol. The minimum atomic E-state index is -1.46. The third kappa shape index (κ3) is 2.82. The molecule has 0 spiro atoms. The van der Waals surface area contributed by atoms with Gasteiger partial charge in [-0.3, -0.25) is 9.59 Å². The molecule has 0 atom stereocenters. The van der Waals surface area contributed by atoms with Gasteiger partial charge in [-0.2, -0.15) is 0 Å². The van der Waals surface area contributed by atoms with Crippen molar-refractivity contribution in [1.82, 2.24) is 0 Å². The van der Waals surface area contributed by atoms with Crippen molar-refractivity contribution < 1.29 is 23.1 Å². The zero-order valence-electron chi connectivity index (χ0n) is 10.2. The molecule has 1 rings (SSSR count). The van der Waals surface area contributed by atoms with E-state index in [1.807, 2.05) is 0 Å². The van der Waals surface area contributed by atoms with Gasteiger partial charge in [-0.1, -0.05) is 0 Å². The van der Waals surface area contributed by atoms with E-state index in [1.54, 1.807) is 0 Å². The van der Waals surface area contributed by atoms with Gasteiger partial charge in [-0.25, -0.2) is 8.78 Å². The molecule has 1 N–H and O–H groups in total. The summed E-state index contributed by atoms with van der Waals surface area (Å²) in [4.78, 5) is 23.2. The fraction of sp³-hybridized carbons (Fsp3) is 0.333. The third-order valence-corrected chi connectivity index (χ3v) is 2.44. The van der Waals surface area contributed by atoms with E-state index in [0.717, 1.165) is 19.2 Å². The first-order valence-electron chi connectivity index (χ1n) is 5.14. The van der Waals surface area contributed by atoms with E-state index in [-0.39, 0.29) is 5.69 Å². The fourth-order valence-corrected chi connectivity index (χ4v) is 1.22. The predicted octanol–water partition coefficient (Wildman–Crippen LogP) is 2.10. The zero-order chi connectivity index (χ0) is 13.9. The first kappa shape index (κ1) is 14.1. The Bertz CT molecular complexity index is 486. The lowest BCUT2D eigenvalue weighted by Gasteiger charge is -2.20. The maximum Gasteiger partial charge on any atom is 0.320 e. The van der Waals surface area contributed by atoms with Gasteiger partial charge in [0.2, 0.25) is 5.91 Å². The number of benzene rings is 1. The molecule has 1 amide bonds. The van der Waals surface area contributed by atoms with Gasteiger partial charge in [0, 0.05) is 6.07 Å². The second kappa shape index (κ2) is 5.12. The number of ether oxygens (including phenoxy) is 1. The van der Waals surface area contributed by atoms with E-state index in [9.17, 15) is 18.4 Å². The first-order chi connectivity index (χ1) is 8.28. The third-order valence-electron chi connectivity index (χ3n) is 2.44. The van der Waals surface area contributed by atoms with Gasteiger partial charge in [0.15, 0.2) is 0 Å². The Kier molecular flexibility index (Phi) is 4.00. The highest BCUT2D eigenvalue weighted by Crippen LogP contribution is 2.22. The molecule has 0 heterocycles. The van der Waals surface area contributed by atoms with E-state index in [1.165, 1.54) is 13.8 Å². The number of carbonyl (C=O) groups excluding carboxylic acids is 2. The van der Waals surface area contributed by atoms with Crippen LogP contribution in [-0.2, 0) is 14.3 Å². The number of hydrogen-bond acceptors (Lipinski definition) is 3. The quantitative estimate of drug-likeness (QED) is 0.666. The Balaban J connectivity index is 2.91. The van der Waals surface area contributed by atoms with Crippen LogP contribution in [0.3, 0.4) is 0 Å². The van der Waals surface area contributed by atoms with Crippen LogP contribution in [0.1, 0.15) is 13.8 Å². The molecular weight excluding hydrogens is 244 g/mol. The molecule has 0 fully saturated rings. The van der Waals surface area contributed by atoms with Gasteiger partial charge < -0.3 is 10.1 Å². The summed E-state index contributed by atoms with van der Waals surface area (Å²) in [6.45, 7) is 2.69. The van der Waals surface area contributed by atoms with E-state index in [2.05, 4.69) is 10.1 Å². The van der Waals surface area contributed by atoms with Crippen molar-refractivity contribution in [2.75, 3.05) is 12.4 Å². The van der Waals surface area contributed by atoms with Crippen LogP contribution in [0, 0.1) is 17.0 Å². The topological polar surface area (TPSA) is 55.4 Å². The summed E-state index contributed by atoms with van der Waals surface area (Å²) in [5.41, 5.74) is -1.66. The van der Waals surface area contributed by atoms with E-state index < -0.39 is 28.9 Å². The lowest BCUT2D eigenvalue weighted by Crippen LogP contribution is -2.39. The van der Waals surface area contributed by atoms with Gasteiger partial charge >= 0.3 is 5.97 Å². The summed E-state index contributed by atoms with van der Waals surface area (Å²) >= 11 is 0. The van der Waals surface area contributed by atoms with Gasteiger partial charge in [0.25, 0.3) is 0 Å². The summed E-state index contributed by atoms with van der Waals surface area (Å²) in [5.74, 6) is -3.15. The number of hydrogen-bond donors (Lipinski definition) is 1. The number of esters is 1. The first-order valence-corrected chi connectivity index (χ1v) is 5.14. The fourth-order valence-electron chi connectivity index (χ4n) is 1.22. The lowest BCUT2D eigenvalue weighted by atomic mass is 9.92. The van der Waals surface area contributed by atoms with E-state index >= 15 is 0 Å². The molecule has 0 aromatic heterocycles. The Morgan fingerprint density at radius 2 is 1.89 bits per heavy atom. The van der Waals surface area contributed by atoms with Gasteiger partial charge in [0.1, 0.15) is 17.0 Å². The van der Waals surface area contributed by atoms with Crippen molar-refractivity contribution >= 4 is 17.6 Å². The molecule has 0 aliphatic heterocycles. The molecule has 18 heavy (non-hydrogen) atoms. The zero-order valence-corrected chi connectivity index (χ0v) is 10.2. The van der Waals surface area contributed by atoms with Crippen molar-refractivity contribution in [3.63, 3.8) is 0 Å². The van der Waals surface area contributed by atoms with Crippen molar-refractivity contribution in [3.8, 4) is 0 Å². The maximum atomic E-state index is 13.3. The number of rotatable bonds is 3. The largest absolute Gasteiger partial charge is 0.468 e. The lowest BCUT2D eigenvalue weighted by molar-refractivity contribution is -0.154. The van der Waals surface area contributed by atoms with Crippen LogP contribution in [0.2, 0.25) is 0 Å². The minimum absolute atomic E-state index is 0.196. The van der Waals surface area contributed by atoms with E-state index in [4.69, 9.17) is 0 Å². The highest BCUT2D eigenvalue weighted by molar-refractivity contribution is 6.08. The van der Waals surface area contributed by atoms with Crippen LogP contribution in [0.25, 0.3) is 0 Å². The average Bonchev–Trinajstić information content (AvgIpc) is 2.31. The van der Waals surface area contributed by atoms with Crippen molar-refractivity contribution in [2.45, 2.75) is 13.8 Å². The summed E-state index contributed by atoms with van der Waals surface area (Å²) < 4.78 is 30.5. The molecule has 0 unspecified atom stereocenters. The van der Waals surface area contributed by atoms with Crippen LogP contribution >= 0.6 is 0 Å². The minimum Gasteiger partial charge on any atom is -0.468 e. The number of halogens is 2. The second-order valence-corrected chi connectivity index (χ2v) is 4.19. The summed E-state index contributed by atoms with van der Waals surface area (Å²) in [6, 6.07) is 2.72. The van der Waals surface area contributed by atoms with Crippen LogP contribution in [0.15, 0.2) is 18.2 Å². The number of methoxy groups -OCH3 is 1. The van der Waals surface area contributed by atoms with Gasteiger partial charge in [-0.05, 0) is 26.0 Å². The van der Waals surface area contributed by atoms with Gasteiger partial charge in [0.05, 0.1) is 12.8 Å². The molecule has 98 valence electrons. The molecule has 0 saturated carbocycles. The second-order valence-electron chi connectivity index (χ2n) is 4.19. The molecule has 0 aliphatic rings. The van der Waals surface area contributed by atoms with Crippen LogP contribution in [0.5, 0.6) is 0 Å². The molecule has 4 nitrogen and oxygen atoms in total. The van der Waals surface area contributed by atoms with Crippen LogP contribution < -0.4 is 5.32 Å². The van der Waals surface area contributed by atoms with Crippen LogP contribution in [-0.4, -0.2) is 19.0 Å².